The van der Waals surface area contributed by atoms with Crippen molar-refractivity contribution in [3.63, 3.8) is 0 Å². The van der Waals surface area contributed by atoms with Gasteiger partial charge in [-0.15, -0.1) is 10.2 Å². The fourth-order valence-electron chi connectivity index (χ4n) is 1.84. The second-order valence-electron chi connectivity index (χ2n) is 4.87. The van der Waals surface area contributed by atoms with E-state index in [2.05, 4.69) is 20.8 Å². The van der Waals surface area contributed by atoms with Crippen LogP contribution < -0.4 is 10.6 Å². The van der Waals surface area contributed by atoms with Crippen LogP contribution in [0.25, 0.3) is 0 Å². The molecular formula is C16H12ClFN4OS2. The molecule has 0 unspecified atom stereocenters. The van der Waals surface area contributed by atoms with Crippen LogP contribution in [0.5, 0.6) is 0 Å². The van der Waals surface area contributed by atoms with Crippen LogP contribution in [0.4, 0.5) is 20.0 Å². The number of halogens is 2. The Kier molecular flexibility index (Phi) is 5.85. The predicted octanol–water partition coefficient (Wildman–Crippen LogP) is 5.27. The molecule has 0 spiro atoms. The Bertz CT molecular complexity index is 855. The van der Waals surface area contributed by atoms with E-state index >= 15 is 0 Å². The maximum absolute atomic E-state index is 12.9. The lowest BCUT2D eigenvalue weighted by Crippen LogP contribution is -2.19. The number of benzene rings is 2. The van der Waals surface area contributed by atoms with Gasteiger partial charge in [-0.3, -0.25) is 5.32 Å². The Morgan fingerprint density at radius 2 is 1.80 bits per heavy atom. The van der Waals surface area contributed by atoms with Crippen molar-refractivity contribution in [2.75, 3.05) is 10.6 Å². The first kappa shape index (κ1) is 17.7. The van der Waals surface area contributed by atoms with Gasteiger partial charge in [0.2, 0.25) is 5.13 Å². The molecule has 0 fully saturated rings. The highest BCUT2D eigenvalue weighted by atomic mass is 35.5. The van der Waals surface area contributed by atoms with Crippen molar-refractivity contribution in [3.05, 3.63) is 64.9 Å². The Morgan fingerprint density at radius 1 is 1.08 bits per heavy atom. The Balaban J connectivity index is 1.51. The van der Waals surface area contributed by atoms with Crippen LogP contribution in [0.1, 0.15) is 5.56 Å². The zero-order chi connectivity index (χ0) is 17.6. The largest absolute Gasteiger partial charge is 0.325 e. The topological polar surface area (TPSA) is 66.9 Å². The highest BCUT2D eigenvalue weighted by molar-refractivity contribution is 8.00. The van der Waals surface area contributed by atoms with Crippen LogP contribution in [-0.2, 0) is 5.75 Å². The summed E-state index contributed by atoms with van der Waals surface area (Å²) in [6, 6.07) is 12.7. The molecule has 3 rings (SSSR count). The molecule has 2 aromatic carbocycles. The number of nitrogens with one attached hydrogen (secondary N) is 2. The fourth-order valence-corrected chi connectivity index (χ4v) is 3.67. The maximum atomic E-state index is 12.9. The average Bonchev–Trinajstić information content (AvgIpc) is 3.04. The molecule has 0 radical (unpaired) electrons. The smallest absolute Gasteiger partial charge is 0.308 e. The zero-order valence-electron chi connectivity index (χ0n) is 12.7. The minimum Gasteiger partial charge on any atom is -0.308 e. The molecule has 1 heterocycles. The van der Waals surface area contributed by atoms with Crippen LogP contribution in [0.3, 0.4) is 0 Å². The molecule has 0 atom stereocenters. The van der Waals surface area contributed by atoms with Crippen LogP contribution >= 0.6 is 34.7 Å². The summed E-state index contributed by atoms with van der Waals surface area (Å²) >= 11 is 8.54. The first-order valence-electron chi connectivity index (χ1n) is 7.13. The van der Waals surface area contributed by atoms with Crippen LogP contribution in [0.2, 0.25) is 5.02 Å². The van der Waals surface area contributed by atoms with Gasteiger partial charge < -0.3 is 5.32 Å². The number of urea groups is 1. The van der Waals surface area contributed by atoms with Gasteiger partial charge in [0, 0.05) is 16.5 Å². The first-order chi connectivity index (χ1) is 12.1. The number of hydrogen-bond acceptors (Lipinski definition) is 5. The highest BCUT2D eigenvalue weighted by Crippen LogP contribution is 2.28. The van der Waals surface area contributed by atoms with Gasteiger partial charge in [-0.05, 0) is 42.0 Å². The molecule has 1 aromatic heterocycles. The number of amides is 2. The number of aromatic nitrogens is 2. The highest BCUT2D eigenvalue weighted by Gasteiger charge is 2.09. The number of hydrogen-bond donors (Lipinski definition) is 2. The molecular weight excluding hydrogens is 383 g/mol. The third-order valence-electron chi connectivity index (χ3n) is 3.00. The summed E-state index contributed by atoms with van der Waals surface area (Å²) in [6.45, 7) is 0. The van der Waals surface area contributed by atoms with Gasteiger partial charge in [0.25, 0.3) is 0 Å². The predicted molar refractivity (Wildman–Crippen MR) is 100.0 cm³/mol. The van der Waals surface area contributed by atoms with E-state index in [-0.39, 0.29) is 5.82 Å². The fraction of sp³-hybridized carbons (Fsp3) is 0.0625. The number of nitrogens with zero attached hydrogens (tertiary/aromatic N) is 2. The summed E-state index contributed by atoms with van der Waals surface area (Å²) in [6.07, 6.45) is 0. The average molecular weight is 395 g/mol. The third-order valence-corrected chi connectivity index (χ3v) is 5.30. The molecule has 128 valence electrons. The Labute approximate surface area is 156 Å². The molecule has 5 nitrogen and oxygen atoms in total. The van der Waals surface area contributed by atoms with Crippen molar-refractivity contribution in [2.24, 2.45) is 0 Å². The first-order valence-corrected chi connectivity index (χ1v) is 9.31. The minimum absolute atomic E-state index is 0.261. The Morgan fingerprint density at radius 3 is 2.52 bits per heavy atom. The molecule has 0 aliphatic rings. The van der Waals surface area contributed by atoms with Crippen molar-refractivity contribution < 1.29 is 9.18 Å². The third kappa shape index (κ3) is 5.42. The van der Waals surface area contributed by atoms with Crippen molar-refractivity contribution in [2.45, 2.75) is 10.1 Å². The van der Waals surface area contributed by atoms with E-state index in [1.807, 2.05) is 0 Å². The zero-order valence-corrected chi connectivity index (χ0v) is 15.1. The molecule has 0 bridgehead atoms. The number of thioether (sulfide) groups is 1. The van der Waals surface area contributed by atoms with E-state index in [9.17, 15) is 9.18 Å². The van der Waals surface area contributed by atoms with Gasteiger partial charge in [-0.2, -0.15) is 0 Å². The molecule has 0 aliphatic heterocycles. The normalized spacial score (nSPS) is 10.5. The van der Waals surface area contributed by atoms with Crippen molar-refractivity contribution in [3.8, 4) is 0 Å². The number of carbonyl (C=O) groups excluding carboxylic acids is 1. The van der Waals surface area contributed by atoms with Crippen LogP contribution in [-0.4, -0.2) is 16.2 Å². The minimum atomic E-state index is -0.409. The van der Waals surface area contributed by atoms with Crippen LogP contribution in [0.15, 0.2) is 52.9 Å². The van der Waals surface area contributed by atoms with E-state index in [0.29, 0.717) is 25.9 Å². The van der Waals surface area contributed by atoms with Gasteiger partial charge in [-0.1, -0.05) is 46.8 Å². The van der Waals surface area contributed by atoms with Crippen molar-refractivity contribution in [1.29, 1.82) is 0 Å². The second kappa shape index (κ2) is 8.28. The Hall–Kier alpha value is -2.16. The quantitative estimate of drug-likeness (QED) is 0.457. The number of anilines is 2. The molecule has 0 aliphatic carbocycles. The van der Waals surface area contributed by atoms with E-state index < -0.39 is 6.03 Å². The summed E-state index contributed by atoms with van der Waals surface area (Å²) in [5, 5.41) is 14.3. The molecule has 3 aromatic rings. The lowest BCUT2D eigenvalue weighted by atomic mass is 10.2. The molecule has 0 saturated heterocycles. The summed E-state index contributed by atoms with van der Waals surface area (Å²) in [5.74, 6) is 0.383. The van der Waals surface area contributed by atoms with Crippen molar-refractivity contribution in [1.82, 2.24) is 10.2 Å². The summed E-state index contributed by atoms with van der Waals surface area (Å²) < 4.78 is 13.6. The van der Waals surface area contributed by atoms with E-state index in [0.717, 1.165) is 5.56 Å². The van der Waals surface area contributed by atoms with Crippen molar-refractivity contribution >= 4 is 51.5 Å². The summed E-state index contributed by atoms with van der Waals surface area (Å²) in [5.41, 5.74) is 1.61. The number of carbonyl (C=O) groups is 1. The maximum Gasteiger partial charge on any atom is 0.325 e. The second-order valence-corrected chi connectivity index (χ2v) is 7.51. The van der Waals surface area contributed by atoms with Gasteiger partial charge in [0.15, 0.2) is 4.34 Å². The summed E-state index contributed by atoms with van der Waals surface area (Å²) in [4.78, 5) is 11.9. The molecule has 2 N–H and O–H groups in total. The van der Waals surface area contributed by atoms with E-state index in [1.165, 1.54) is 35.2 Å². The van der Waals surface area contributed by atoms with E-state index in [4.69, 9.17) is 11.6 Å². The molecule has 9 heteroatoms. The molecule has 0 saturated carbocycles. The SMILES string of the molecule is O=C(Nc1ccc(Cl)cc1)Nc1nnc(SCc2ccc(F)cc2)s1. The van der Waals surface area contributed by atoms with Gasteiger partial charge in [-0.25, -0.2) is 9.18 Å². The van der Waals surface area contributed by atoms with Crippen LogP contribution in [0, 0.1) is 5.82 Å². The van der Waals surface area contributed by atoms with Gasteiger partial charge >= 0.3 is 6.03 Å². The van der Waals surface area contributed by atoms with Gasteiger partial charge in [0.05, 0.1) is 0 Å². The monoisotopic (exact) mass is 394 g/mol. The summed E-state index contributed by atoms with van der Waals surface area (Å²) in [7, 11) is 0. The lowest BCUT2D eigenvalue weighted by molar-refractivity contribution is 0.262. The van der Waals surface area contributed by atoms with E-state index in [1.54, 1.807) is 36.4 Å². The standard InChI is InChI=1S/C16H12ClFN4OS2/c17-11-3-7-13(8-4-11)19-14(23)20-15-21-22-16(25-15)24-9-10-1-5-12(18)6-2-10/h1-8H,9H2,(H2,19,20,21,23). The lowest BCUT2D eigenvalue weighted by Gasteiger charge is -2.04. The number of rotatable bonds is 5. The van der Waals surface area contributed by atoms with Gasteiger partial charge in [0.1, 0.15) is 5.82 Å². The molecule has 2 amide bonds. The molecule has 25 heavy (non-hydrogen) atoms.